The Bertz CT molecular complexity index is 1470. The van der Waals surface area contributed by atoms with Crippen LogP contribution in [0.1, 0.15) is 72.8 Å². The molecule has 0 radical (unpaired) electrons. The minimum Gasteiger partial charge on any atom is -0.454 e. The molecule has 4 aliphatic rings. The molecule has 0 unspecified atom stereocenters. The van der Waals surface area contributed by atoms with Gasteiger partial charge >= 0.3 is 5.97 Å². The first-order valence-electron chi connectivity index (χ1n) is 14.6. The molecule has 1 heterocycles. The number of likely N-dealkylation sites (tertiary alicyclic amines) is 1. The molecule has 1 fully saturated rings. The van der Waals surface area contributed by atoms with E-state index in [1.807, 2.05) is 50.2 Å². The van der Waals surface area contributed by atoms with Crippen molar-refractivity contribution >= 4 is 45.3 Å². The fourth-order valence-corrected chi connectivity index (χ4v) is 7.56. The van der Waals surface area contributed by atoms with Gasteiger partial charge < -0.3 is 10.1 Å². The third-order valence-corrected chi connectivity index (χ3v) is 9.46. The first-order chi connectivity index (χ1) is 20.3. The van der Waals surface area contributed by atoms with Gasteiger partial charge in [0.25, 0.3) is 5.91 Å². The summed E-state index contributed by atoms with van der Waals surface area (Å²) in [5.74, 6) is -3.50. The summed E-state index contributed by atoms with van der Waals surface area (Å²) in [5.41, 5.74) is 5.90. The van der Waals surface area contributed by atoms with E-state index in [1.54, 1.807) is 6.07 Å². The van der Waals surface area contributed by atoms with Crippen molar-refractivity contribution in [1.82, 2.24) is 4.90 Å². The standard InChI is InChI=1S/C34H33BrN2O5/c1-3-5-14-26(34(41)42-18-27(38)36-25-16-15-20(35)17-19(25)4-2)37-32(39)30-28-21-10-6-7-11-22(21)29(31(30)33(37)40)24-13-9-8-12-23(24)28/h6-13,15-17,26,28-31H,3-5,14,18H2,1-2H3,(H,36,38)/t26-,28?,29?,30-,31+/m1/s1. The number of nitrogens with one attached hydrogen (secondary N) is 1. The summed E-state index contributed by atoms with van der Waals surface area (Å²) >= 11 is 3.44. The first kappa shape index (κ1) is 28.3. The number of imide groups is 1. The van der Waals surface area contributed by atoms with Crippen molar-refractivity contribution in [3.05, 3.63) is 99.0 Å². The van der Waals surface area contributed by atoms with E-state index >= 15 is 0 Å². The van der Waals surface area contributed by atoms with E-state index in [4.69, 9.17) is 4.74 Å². The number of nitrogens with zero attached hydrogens (tertiary/aromatic N) is 1. The molecule has 3 aromatic carbocycles. The lowest BCUT2D eigenvalue weighted by atomic mass is 9.55. The highest BCUT2D eigenvalue weighted by Gasteiger charge is 2.63. The molecule has 0 spiro atoms. The Kier molecular flexibility index (Phi) is 7.75. The van der Waals surface area contributed by atoms with Crippen LogP contribution in [0.25, 0.3) is 0 Å². The zero-order valence-corrected chi connectivity index (χ0v) is 25.2. The minimum absolute atomic E-state index is 0.249. The highest BCUT2D eigenvalue weighted by atomic mass is 79.9. The number of amides is 3. The van der Waals surface area contributed by atoms with Crippen molar-refractivity contribution in [1.29, 1.82) is 0 Å². The SMILES string of the molecule is CCCC[C@H](C(=O)OCC(=O)Nc1ccc(Br)cc1CC)N1C(=O)[C@@H]2C3c4ccccc4C(c4ccccc43)[C@@H]2C1=O. The molecule has 216 valence electrons. The van der Waals surface area contributed by atoms with Gasteiger partial charge in [-0.2, -0.15) is 0 Å². The van der Waals surface area contributed by atoms with Gasteiger partial charge in [-0.05, 0) is 58.9 Å². The van der Waals surface area contributed by atoms with Gasteiger partial charge in [0, 0.05) is 22.0 Å². The van der Waals surface area contributed by atoms with E-state index in [0.29, 0.717) is 18.5 Å². The van der Waals surface area contributed by atoms with Crippen LogP contribution in [0.2, 0.25) is 0 Å². The largest absolute Gasteiger partial charge is 0.454 e. The number of anilines is 1. The normalized spacial score (nSPS) is 22.3. The lowest BCUT2D eigenvalue weighted by Gasteiger charge is -2.45. The monoisotopic (exact) mass is 628 g/mol. The number of esters is 1. The number of benzene rings is 3. The Hall–Kier alpha value is -3.78. The van der Waals surface area contributed by atoms with Crippen molar-refractivity contribution < 1.29 is 23.9 Å². The van der Waals surface area contributed by atoms with Crippen LogP contribution in [0.5, 0.6) is 0 Å². The molecule has 3 aromatic rings. The topological polar surface area (TPSA) is 92.8 Å². The Morgan fingerprint density at radius 1 is 0.881 bits per heavy atom. The number of hydrogen-bond acceptors (Lipinski definition) is 5. The van der Waals surface area contributed by atoms with Gasteiger partial charge in [-0.3, -0.25) is 19.3 Å². The molecular formula is C34H33BrN2O5. The van der Waals surface area contributed by atoms with E-state index in [9.17, 15) is 19.2 Å². The van der Waals surface area contributed by atoms with Gasteiger partial charge in [0.1, 0.15) is 6.04 Å². The van der Waals surface area contributed by atoms with E-state index < -0.39 is 36.4 Å². The molecule has 0 aromatic heterocycles. The van der Waals surface area contributed by atoms with Crippen LogP contribution in [-0.4, -0.2) is 41.2 Å². The molecule has 1 aliphatic heterocycles. The molecule has 0 saturated carbocycles. The average molecular weight is 630 g/mol. The van der Waals surface area contributed by atoms with Crippen LogP contribution in [0, 0.1) is 11.8 Å². The second kappa shape index (κ2) is 11.5. The summed E-state index contributed by atoms with van der Waals surface area (Å²) in [5, 5.41) is 2.81. The molecule has 42 heavy (non-hydrogen) atoms. The van der Waals surface area contributed by atoms with E-state index in [1.165, 1.54) is 4.90 Å². The van der Waals surface area contributed by atoms with Gasteiger partial charge in [0.05, 0.1) is 11.8 Å². The molecule has 3 atom stereocenters. The fourth-order valence-electron chi connectivity index (χ4n) is 7.15. The van der Waals surface area contributed by atoms with Crippen LogP contribution >= 0.6 is 15.9 Å². The minimum atomic E-state index is -1.08. The highest BCUT2D eigenvalue weighted by Crippen LogP contribution is 2.61. The lowest BCUT2D eigenvalue weighted by molar-refractivity contribution is -0.160. The van der Waals surface area contributed by atoms with Crippen molar-refractivity contribution in [2.45, 2.75) is 57.4 Å². The number of halogens is 1. The maximum Gasteiger partial charge on any atom is 0.329 e. The lowest BCUT2D eigenvalue weighted by Crippen LogP contribution is -2.47. The van der Waals surface area contributed by atoms with Crippen LogP contribution in [-0.2, 0) is 30.3 Å². The highest BCUT2D eigenvalue weighted by molar-refractivity contribution is 9.10. The molecule has 7 nitrogen and oxygen atoms in total. The smallest absolute Gasteiger partial charge is 0.329 e. The number of carbonyl (C=O) groups is 4. The fraction of sp³-hybridized carbons (Fsp3) is 0.353. The summed E-state index contributed by atoms with van der Waals surface area (Å²) in [6.45, 7) is 3.47. The second-order valence-corrected chi connectivity index (χ2v) is 12.2. The quantitative estimate of drug-likeness (QED) is 0.234. The van der Waals surface area contributed by atoms with Gasteiger partial charge in [0.2, 0.25) is 11.8 Å². The third-order valence-electron chi connectivity index (χ3n) is 8.97. The summed E-state index contributed by atoms with van der Waals surface area (Å²) in [4.78, 5) is 55.8. The van der Waals surface area contributed by atoms with Gasteiger partial charge in [0.15, 0.2) is 6.61 Å². The Balaban J connectivity index is 1.25. The molecule has 3 aliphatic carbocycles. The third kappa shape index (κ3) is 4.66. The number of hydrogen-bond donors (Lipinski definition) is 1. The predicted octanol–water partition coefficient (Wildman–Crippen LogP) is 5.94. The number of rotatable bonds is 9. The molecule has 1 N–H and O–H groups in total. The zero-order chi connectivity index (χ0) is 29.5. The number of unbranched alkanes of at least 4 members (excludes halogenated alkanes) is 1. The summed E-state index contributed by atoms with van der Waals surface area (Å²) in [6, 6.07) is 20.6. The summed E-state index contributed by atoms with van der Waals surface area (Å²) in [7, 11) is 0. The number of aryl methyl sites for hydroxylation is 1. The van der Waals surface area contributed by atoms with Crippen LogP contribution in [0.15, 0.2) is 71.2 Å². The van der Waals surface area contributed by atoms with Gasteiger partial charge in [-0.25, -0.2) is 4.79 Å². The van der Waals surface area contributed by atoms with Crippen molar-refractivity contribution in [3.63, 3.8) is 0 Å². The van der Waals surface area contributed by atoms with Crippen LogP contribution in [0.3, 0.4) is 0 Å². The first-order valence-corrected chi connectivity index (χ1v) is 15.4. The van der Waals surface area contributed by atoms with E-state index in [2.05, 4.69) is 45.5 Å². The van der Waals surface area contributed by atoms with Crippen molar-refractivity contribution in [2.75, 3.05) is 11.9 Å². The van der Waals surface area contributed by atoms with Crippen molar-refractivity contribution in [2.24, 2.45) is 11.8 Å². The van der Waals surface area contributed by atoms with E-state index in [-0.39, 0.29) is 30.1 Å². The van der Waals surface area contributed by atoms with Gasteiger partial charge in [-0.1, -0.05) is 91.1 Å². The Morgan fingerprint density at radius 3 is 1.93 bits per heavy atom. The summed E-state index contributed by atoms with van der Waals surface area (Å²) in [6.07, 6.45) is 2.41. The van der Waals surface area contributed by atoms with E-state index in [0.717, 1.165) is 38.7 Å². The molecule has 7 rings (SSSR count). The number of ether oxygens (including phenoxy) is 1. The average Bonchev–Trinajstić information content (AvgIpc) is 3.27. The van der Waals surface area contributed by atoms with Crippen LogP contribution in [0.4, 0.5) is 5.69 Å². The second-order valence-electron chi connectivity index (χ2n) is 11.3. The zero-order valence-electron chi connectivity index (χ0n) is 23.6. The molecule has 8 heteroatoms. The van der Waals surface area contributed by atoms with Crippen molar-refractivity contribution in [3.8, 4) is 0 Å². The Morgan fingerprint density at radius 2 is 1.43 bits per heavy atom. The maximum absolute atomic E-state index is 14.2. The molecule has 2 bridgehead atoms. The molecule has 3 amide bonds. The Labute approximate surface area is 253 Å². The van der Waals surface area contributed by atoms with Gasteiger partial charge in [-0.15, -0.1) is 0 Å². The maximum atomic E-state index is 14.2. The molecule has 1 saturated heterocycles. The van der Waals surface area contributed by atoms with Crippen LogP contribution < -0.4 is 5.32 Å². The number of carbonyl (C=O) groups excluding carboxylic acids is 4. The predicted molar refractivity (Wildman–Crippen MR) is 162 cm³/mol. The summed E-state index contributed by atoms with van der Waals surface area (Å²) < 4.78 is 6.39. The molecular weight excluding hydrogens is 596 g/mol.